The summed E-state index contributed by atoms with van der Waals surface area (Å²) in [5.41, 5.74) is 3.51. The average molecular weight is 292 g/mol. The number of hydrogen-bond donors (Lipinski definition) is 1. The monoisotopic (exact) mass is 291 g/mol. The molecule has 0 aliphatic heterocycles. The normalized spacial score (nSPS) is 12.4. The van der Waals surface area contributed by atoms with Crippen LogP contribution in [0.3, 0.4) is 0 Å². The van der Waals surface area contributed by atoms with Crippen LogP contribution in [0, 0.1) is 12.7 Å². The first kappa shape index (κ1) is 15.0. The lowest BCUT2D eigenvalue weighted by Crippen LogP contribution is -2.27. The lowest BCUT2D eigenvalue weighted by Gasteiger charge is -2.15. The van der Waals surface area contributed by atoms with Gasteiger partial charge in [-0.25, -0.2) is 4.39 Å². The summed E-state index contributed by atoms with van der Waals surface area (Å²) in [4.78, 5) is 0. The number of hydrogen-bond acceptors (Lipinski definition) is 1. The van der Waals surface area contributed by atoms with Crippen molar-refractivity contribution in [2.75, 3.05) is 0 Å². The summed E-state index contributed by atoms with van der Waals surface area (Å²) in [5.74, 6) is -0.291. The van der Waals surface area contributed by atoms with Gasteiger partial charge in [-0.2, -0.15) is 0 Å². The molecule has 0 saturated heterocycles. The highest BCUT2D eigenvalue weighted by atomic mass is 35.5. The first-order valence-electron chi connectivity index (χ1n) is 6.77. The van der Waals surface area contributed by atoms with Crippen LogP contribution >= 0.6 is 11.6 Å². The summed E-state index contributed by atoms with van der Waals surface area (Å²) < 4.78 is 13.2. The SMILES string of the molecule is Cc1ccccc1CC(C)NCc1cc(F)cc(Cl)c1. The Balaban J connectivity index is 1.92. The van der Waals surface area contributed by atoms with E-state index in [1.807, 2.05) is 6.07 Å². The van der Waals surface area contributed by atoms with Gasteiger partial charge >= 0.3 is 0 Å². The highest BCUT2D eigenvalue weighted by Gasteiger charge is 2.06. The lowest BCUT2D eigenvalue weighted by atomic mass is 10.0. The summed E-state index contributed by atoms with van der Waals surface area (Å²) in [7, 11) is 0. The summed E-state index contributed by atoms with van der Waals surface area (Å²) in [6, 6.07) is 13.3. The van der Waals surface area contributed by atoms with Crippen LogP contribution in [0.15, 0.2) is 42.5 Å². The quantitative estimate of drug-likeness (QED) is 0.855. The van der Waals surface area contributed by atoms with Crippen molar-refractivity contribution in [1.82, 2.24) is 5.32 Å². The zero-order valence-corrected chi connectivity index (χ0v) is 12.5. The molecule has 0 saturated carbocycles. The molecular formula is C17H19ClFN. The van der Waals surface area contributed by atoms with Crippen LogP contribution in [0.5, 0.6) is 0 Å². The zero-order valence-electron chi connectivity index (χ0n) is 11.8. The second-order valence-electron chi connectivity index (χ2n) is 5.19. The van der Waals surface area contributed by atoms with Crippen LogP contribution in [-0.2, 0) is 13.0 Å². The molecule has 20 heavy (non-hydrogen) atoms. The maximum atomic E-state index is 13.2. The molecule has 0 bridgehead atoms. The summed E-state index contributed by atoms with van der Waals surface area (Å²) in [6.45, 7) is 4.87. The van der Waals surface area contributed by atoms with Gasteiger partial charge in [0.05, 0.1) is 0 Å². The number of nitrogens with one attached hydrogen (secondary N) is 1. The maximum Gasteiger partial charge on any atom is 0.125 e. The van der Waals surface area contributed by atoms with Gasteiger partial charge in [-0.05, 0) is 55.2 Å². The van der Waals surface area contributed by atoms with Crippen molar-refractivity contribution in [1.29, 1.82) is 0 Å². The van der Waals surface area contributed by atoms with E-state index in [1.165, 1.54) is 23.3 Å². The third-order valence-corrected chi connectivity index (χ3v) is 3.58. The Morgan fingerprint density at radius 2 is 1.95 bits per heavy atom. The van der Waals surface area contributed by atoms with Gasteiger partial charge in [-0.3, -0.25) is 0 Å². The topological polar surface area (TPSA) is 12.0 Å². The molecule has 1 N–H and O–H groups in total. The van der Waals surface area contributed by atoms with Crippen molar-refractivity contribution in [3.63, 3.8) is 0 Å². The van der Waals surface area contributed by atoms with Crippen molar-refractivity contribution in [3.8, 4) is 0 Å². The van der Waals surface area contributed by atoms with Crippen LogP contribution in [0.1, 0.15) is 23.6 Å². The summed E-state index contributed by atoms with van der Waals surface area (Å²) in [6.07, 6.45) is 0.954. The van der Waals surface area contributed by atoms with Crippen LogP contribution in [0.25, 0.3) is 0 Å². The van der Waals surface area contributed by atoms with E-state index in [1.54, 1.807) is 6.07 Å². The number of halogens is 2. The van der Waals surface area contributed by atoms with E-state index in [0.29, 0.717) is 17.6 Å². The Hall–Kier alpha value is -1.38. The molecular weight excluding hydrogens is 273 g/mol. The van der Waals surface area contributed by atoms with E-state index in [9.17, 15) is 4.39 Å². The van der Waals surface area contributed by atoms with Gasteiger partial charge in [0, 0.05) is 17.6 Å². The Morgan fingerprint density at radius 1 is 1.20 bits per heavy atom. The first-order chi connectivity index (χ1) is 9.54. The van der Waals surface area contributed by atoms with E-state index >= 15 is 0 Å². The van der Waals surface area contributed by atoms with Crippen LogP contribution in [0.2, 0.25) is 5.02 Å². The van der Waals surface area contributed by atoms with Gasteiger partial charge in [0.1, 0.15) is 5.82 Å². The molecule has 1 unspecified atom stereocenters. The molecule has 0 aliphatic carbocycles. The van der Waals surface area contributed by atoms with Gasteiger partial charge < -0.3 is 5.32 Å². The maximum absolute atomic E-state index is 13.2. The second kappa shape index (κ2) is 6.87. The van der Waals surface area contributed by atoms with Gasteiger partial charge in [-0.1, -0.05) is 35.9 Å². The van der Waals surface area contributed by atoms with Crippen molar-refractivity contribution in [3.05, 3.63) is 70.0 Å². The molecule has 2 aromatic rings. The molecule has 0 amide bonds. The summed E-state index contributed by atoms with van der Waals surface area (Å²) >= 11 is 5.85. The molecule has 1 atom stereocenters. The van der Waals surface area contributed by atoms with Crippen LogP contribution < -0.4 is 5.32 Å². The molecule has 3 heteroatoms. The Kier molecular flexibility index (Phi) is 5.16. The predicted octanol–water partition coefficient (Wildman–Crippen LogP) is 4.51. The van der Waals surface area contributed by atoms with E-state index in [0.717, 1.165) is 12.0 Å². The minimum atomic E-state index is -0.291. The standard InChI is InChI=1S/C17H19ClFN/c1-12-5-3-4-6-15(12)7-13(2)20-11-14-8-16(18)10-17(19)9-14/h3-6,8-10,13,20H,7,11H2,1-2H3. The minimum absolute atomic E-state index is 0.291. The largest absolute Gasteiger partial charge is 0.310 e. The zero-order chi connectivity index (χ0) is 14.5. The van der Waals surface area contributed by atoms with Gasteiger partial charge in [-0.15, -0.1) is 0 Å². The molecule has 0 spiro atoms. The molecule has 0 fully saturated rings. The second-order valence-corrected chi connectivity index (χ2v) is 5.63. The van der Waals surface area contributed by atoms with E-state index in [4.69, 9.17) is 11.6 Å². The molecule has 0 aromatic heterocycles. The highest BCUT2D eigenvalue weighted by molar-refractivity contribution is 6.30. The Morgan fingerprint density at radius 3 is 2.65 bits per heavy atom. The van der Waals surface area contributed by atoms with Gasteiger partial charge in [0.15, 0.2) is 0 Å². The van der Waals surface area contributed by atoms with E-state index < -0.39 is 0 Å². The predicted molar refractivity (Wildman–Crippen MR) is 82.6 cm³/mol. The van der Waals surface area contributed by atoms with Gasteiger partial charge in [0.2, 0.25) is 0 Å². The summed E-state index contributed by atoms with van der Waals surface area (Å²) in [5, 5.41) is 3.84. The van der Waals surface area contributed by atoms with E-state index in [2.05, 4.69) is 37.4 Å². The fraction of sp³-hybridized carbons (Fsp3) is 0.294. The van der Waals surface area contributed by atoms with Gasteiger partial charge in [0.25, 0.3) is 0 Å². The molecule has 106 valence electrons. The van der Waals surface area contributed by atoms with Crippen molar-refractivity contribution < 1.29 is 4.39 Å². The fourth-order valence-corrected chi connectivity index (χ4v) is 2.49. The smallest absolute Gasteiger partial charge is 0.125 e. The Bertz CT molecular complexity index is 563. The number of aryl methyl sites for hydroxylation is 1. The molecule has 0 heterocycles. The molecule has 2 aromatic carbocycles. The molecule has 0 aliphatic rings. The van der Waals surface area contributed by atoms with Crippen LogP contribution in [-0.4, -0.2) is 6.04 Å². The molecule has 1 nitrogen and oxygen atoms in total. The number of benzene rings is 2. The first-order valence-corrected chi connectivity index (χ1v) is 7.15. The lowest BCUT2D eigenvalue weighted by molar-refractivity contribution is 0.541. The van der Waals surface area contributed by atoms with Crippen molar-refractivity contribution >= 4 is 11.6 Å². The minimum Gasteiger partial charge on any atom is -0.310 e. The third kappa shape index (κ3) is 4.32. The van der Waals surface area contributed by atoms with Crippen molar-refractivity contribution in [2.45, 2.75) is 32.9 Å². The number of rotatable bonds is 5. The Labute approximate surface area is 124 Å². The highest BCUT2D eigenvalue weighted by Crippen LogP contribution is 2.15. The third-order valence-electron chi connectivity index (χ3n) is 3.36. The molecule has 0 radical (unpaired) electrons. The van der Waals surface area contributed by atoms with Crippen molar-refractivity contribution in [2.24, 2.45) is 0 Å². The van der Waals surface area contributed by atoms with E-state index in [-0.39, 0.29) is 5.82 Å². The molecule has 2 rings (SSSR count). The van der Waals surface area contributed by atoms with Crippen LogP contribution in [0.4, 0.5) is 4.39 Å². The fourth-order valence-electron chi connectivity index (χ4n) is 2.25. The average Bonchev–Trinajstić information content (AvgIpc) is 2.38.